The van der Waals surface area contributed by atoms with E-state index in [2.05, 4.69) is 34.8 Å². The number of rotatable bonds is 4. The van der Waals surface area contributed by atoms with Crippen molar-refractivity contribution in [1.82, 2.24) is 5.32 Å². The molecule has 1 aliphatic rings. The number of alkyl halides is 1. The van der Waals surface area contributed by atoms with Gasteiger partial charge in [0.2, 0.25) is 5.91 Å². The van der Waals surface area contributed by atoms with Gasteiger partial charge in [-0.3, -0.25) is 4.79 Å². The van der Waals surface area contributed by atoms with E-state index in [0.717, 1.165) is 6.42 Å². The molecule has 1 heterocycles. The second-order valence-corrected chi connectivity index (χ2v) is 4.91. The first kappa shape index (κ1) is 11.2. The molecule has 13 heavy (non-hydrogen) atoms. The molecule has 2 unspecified atom stereocenters. The third-order valence-electron chi connectivity index (χ3n) is 2.15. The minimum Gasteiger partial charge on any atom is -0.370 e. The molecule has 2 atom stereocenters. The van der Waals surface area contributed by atoms with Crippen molar-refractivity contribution in [2.24, 2.45) is 0 Å². The Balaban J connectivity index is 2.32. The van der Waals surface area contributed by atoms with Crippen molar-refractivity contribution in [3.8, 4) is 0 Å². The van der Waals surface area contributed by atoms with Crippen molar-refractivity contribution in [1.29, 1.82) is 0 Å². The molecule has 0 aromatic heterocycles. The van der Waals surface area contributed by atoms with E-state index in [9.17, 15) is 4.79 Å². The molecular formula is C9H16INO2. The van der Waals surface area contributed by atoms with Gasteiger partial charge in [0.25, 0.3) is 0 Å². The quantitative estimate of drug-likeness (QED) is 0.485. The highest BCUT2D eigenvalue weighted by molar-refractivity contribution is 14.1. The van der Waals surface area contributed by atoms with Crippen molar-refractivity contribution in [3.05, 3.63) is 0 Å². The van der Waals surface area contributed by atoms with Crippen molar-refractivity contribution < 1.29 is 9.53 Å². The largest absolute Gasteiger partial charge is 0.370 e. The van der Waals surface area contributed by atoms with E-state index in [4.69, 9.17) is 4.74 Å². The summed E-state index contributed by atoms with van der Waals surface area (Å²) in [6.45, 7) is 6.12. The molecule has 0 saturated carbocycles. The van der Waals surface area contributed by atoms with Gasteiger partial charge in [0.1, 0.15) is 0 Å². The van der Waals surface area contributed by atoms with Gasteiger partial charge in [-0.2, -0.15) is 0 Å². The van der Waals surface area contributed by atoms with Crippen LogP contribution in [0, 0.1) is 0 Å². The van der Waals surface area contributed by atoms with Crippen LogP contribution in [0.4, 0.5) is 0 Å². The number of halogens is 1. The van der Waals surface area contributed by atoms with Crippen LogP contribution in [0.5, 0.6) is 0 Å². The van der Waals surface area contributed by atoms with Crippen LogP contribution in [-0.4, -0.2) is 28.1 Å². The average molecular weight is 297 g/mol. The van der Waals surface area contributed by atoms with Crippen LogP contribution in [0.1, 0.15) is 27.2 Å². The Bertz CT molecular complexity index is 206. The van der Waals surface area contributed by atoms with Crippen LogP contribution in [0.3, 0.4) is 0 Å². The molecular weight excluding hydrogens is 281 g/mol. The Morgan fingerprint density at radius 3 is 2.54 bits per heavy atom. The van der Waals surface area contributed by atoms with Crippen LogP contribution in [0.2, 0.25) is 0 Å². The molecule has 1 saturated heterocycles. The smallest absolute Gasteiger partial charge is 0.230 e. The molecule has 1 amide bonds. The molecule has 4 heteroatoms. The lowest BCUT2D eigenvalue weighted by Crippen LogP contribution is -2.45. The Hall–Kier alpha value is 0.160. The molecule has 0 spiro atoms. The summed E-state index contributed by atoms with van der Waals surface area (Å²) in [4.78, 5) is 11.2. The van der Waals surface area contributed by atoms with Gasteiger partial charge in [-0.1, -0.05) is 22.6 Å². The summed E-state index contributed by atoms with van der Waals surface area (Å²) in [6.07, 6.45) is 1.61. The minimum absolute atomic E-state index is 0.0962. The first-order valence-corrected chi connectivity index (χ1v) is 5.99. The molecule has 1 aliphatic heterocycles. The summed E-state index contributed by atoms with van der Waals surface area (Å²) in [5, 5.41) is 2.97. The van der Waals surface area contributed by atoms with Gasteiger partial charge in [0, 0.05) is 5.54 Å². The number of epoxide rings is 1. The Labute approximate surface area is 92.7 Å². The number of carbonyl (C=O) groups excluding carboxylic acids is 1. The summed E-state index contributed by atoms with van der Waals surface area (Å²) in [5.74, 6) is 0.0962. The van der Waals surface area contributed by atoms with Crippen molar-refractivity contribution in [2.75, 3.05) is 4.43 Å². The monoisotopic (exact) mass is 297 g/mol. The Morgan fingerprint density at radius 2 is 2.15 bits per heavy atom. The fraction of sp³-hybridized carbons (Fsp3) is 0.889. The van der Waals surface area contributed by atoms with Gasteiger partial charge in [0.05, 0.1) is 16.6 Å². The van der Waals surface area contributed by atoms with Gasteiger partial charge < -0.3 is 10.1 Å². The second kappa shape index (κ2) is 4.13. The van der Waals surface area contributed by atoms with Crippen LogP contribution in [0.15, 0.2) is 0 Å². The third kappa shape index (κ3) is 3.81. The fourth-order valence-electron chi connectivity index (χ4n) is 1.41. The highest BCUT2D eigenvalue weighted by atomic mass is 127. The zero-order valence-electron chi connectivity index (χ0n) is 8.26. The highest BCUT2D eigenvalue weighted by Crippen LogP contribution is 2.29. The fourth-order valence-corrected chi connectivity index (χ4v) is 1.60. The molecule has 1 fully saturated rings. The van der Waals surface area contributed by atoms with Gasteiger partial charge in [-0.05, 0) is 27.2 Å². The third-order valence-corrected chi connectivity index (χ3v) is 2.84. The van der Waals surface area contributed by atoms with Gasteiger partial charge >= 0.3 is 0 Å². The first-order valence-electron chi connectivity index (χ1n) is 4.47. The zero-order chi connectivity index (χ0) is 10.1. The maximum Gasteiger partial charge on any atom is 0.230 e. The summed E-state index contributed by atoms with van der Waals surface area (Å²) < 4.78 is 5.83. The molecule has 1 N–H and O–H groups in total. The van der Waals surface area contributed by atoms with E-state index in [-0.39, 0.29) is 11.4 Å². The van der Waals surface area contributed by atoms with Crippen LogP contribution < -0.4 is 5.32 Å². The van der Waals surface area contributed by atoms with Crippen molar-refractivity contribution in [2.45, 2.75) is 44.9 Å². The van der Waals surface area contributed by atoms with E-state index in [1.54, 1.807) is 0 Å². The topological polar surface area (TPSA) is 41.6 Å². The van der Waals surface area contributed by atoms with E-state index in [0.29, 0.717) is 16.6 Å². The number of nitrogens with one attached hydrogen (secondary N) is 1. The normalized spacial score (nSPS) is 27.1. The number of hydrogen-bond donors (Lipinski definition) is 1. The van der Waals surface area contributed by atoms with Crippen molar-refractivity contribution >= 4 is 28.5 Å². The minimum atomic E-state index is -0.141. The number of amides is 1. The molecule has 1 rings (SSSR count). The van der Waals surface area contributed by atoms with Crippen molar-refractivity contribution in [3.63, 3.8) is 0 Å². The van der Waals surface area contributed by atoms with Crippen LogP contribution >= 0.6 is 22.6 Å². The zero-order valence-corrected chi connectivity index (χ0v) is 10.4. The first-order chi connectivity index (χ1) is 5.94. The van der Waals surface area contributed by atoms with Crippen LogP contribution in [0.25, 0.3) is 0 Å². The molecule has 0 radical (unpaired) electrons. The van der Waals surface area contributed by atoms with E-state index >= 15 is 0 Å². The molecule has 0 aromatic rings. The highest BCUT2D eigenvalue weighted by Gasteiger charge is 2.39. The van der Waals surface area contributed by atoms with Gasteiger partial charge in [-0.25, -0.2) is 0 Å². The summed E-state index contributed by atoms with van der Waals surface area (Å²) in [6, 6.07) is 0. The molecule has 3 nitrogen and oxygen atoms in total. The Morgan fingerprint density at radius 1 is 1.62 bits per heavy atom. The lowest BCUT2D eigenvalue weighted by molar-refractivity contribution is -0.119. The molecule has 76 valence electrons. The lowest BCUT2D eigenvalue weighted by Gasteiger charge is -2.25. The van der Waals surface area contributed by atoms with E-state index in [1.165, 1.54) is 0 Å². The summed E-state index contributed by atoms with van der Waals surface area (Å²) in [7, 11) is 0. The predicted molar refractivity (Wildman–Crippen MR) is 60.1 cm³/mol. The standard InChI is InChI=1S/C9H16INO2/c1-6-7(13-6)4-9(2,3)11-8(12)5-10/h6-7H,4-5H2,1-3H3,(H,11,12). The summed E-state index contributed by atoms with van der Waals surface area (Å²) in [5.41, 5.74) is -0.141. The average Bonchev–Trinajstić information content (AvgIpc) is 2.63. The maximum absolute atomic E-state index is 11.2. The predicted octanol–water partition coefficient (Wildman–Crippen LogP) is 1.49. The van der Waals surface area contributed by atoms with Crippen LogP contribution in [-0.2, 0) is 9.53 Å². The second-order valence-electron chi connectivity index (χ2n) is 4.15. The molecule has 0 bridgehead atoms. The van der Waals surface area contributed by atoms with E-state index < -0.39 is 0 Å². The SMILES string of the molecule is CC1OC1CC(C)(C)NC(=O)CI. The van der Waals surface area contributed by atoms with Gasteiger partial charge in [0.15, 0.2) is 0 Å². The number of carbonyl (C=O) groups is 1. The maximum atomic E-state index is 11.2. The lowest BCUT2D eigenvalue weighted by atomic mass is 9.97. The number of hydrogen-bond acceptors (Lipinski definition) is 2. The molecule has 0 aromatic carbocycles. The summed E-state index contributed by atoms with van der Waals surface area (Å²) >= 11 is 2.06. The van der Waals surface area contributed by atoms with E-state index in [1.807, 2.05) is 13.8 Å². The van der Waals surface area contributed by atoms with Gasteiger partial charge in [-0.15, -0.1) is 0 Å². The Kier molecular flexibility index (Phi) is 3.57. The molecule has 0 aliphatic carbocycles. The number of ether oxygens (including phenoxy) is 1.